The highest BCUT2D eigenvalue weighted by atomic mass is 32.1. The van der Waals surface area contributed by atoms with Crippen LogP contribution in [0.25, 0.3) is 10.2 Å². The predicted octanol–water partition coefficient (Wildman–Crippen LogP) is 3.88. The number of carbonyl (C=O) groups is 1. The average molecular weight is 354 g/mol. The van der Waals surface area contributed by atoms with Crippen molar-refractivity contribution in [3.63, 3.8) is 0 Å². The Morgan fingerprint density at radius 2 is 2.16 bits per heavy atom. The first-order valence-electron chi connectivity index (χ1n) is 7.72. The minimum Gasteiger partial charge on any atom is -0.331 e. The minimum absolute atomic E-state index is 0.237. The van der Waals surface area contributed by atoms with E-state index in [1.165, 1.54) is 12.1 Å². The van der Waals surface area contributed by atoms with E-state index in [9.17, 15) is 9.18 Å². The van der Waals surface area contributed by atoms with Crippen molar-refractivity contribution in [1.82, 2.24) is 14.3 Å². The first kappa shape index (κ1) is 15.6. The van der Waals surface area contributed by atoms with Crippen molar-refractivity contribution in [3.8, 4) is 0 Å². The molecule has 4 aromatic rings. The highest BCUT2D eigenvalue weighted by Crippen LogP contribution is 2.27. The van der Waals surface area contributed by atoms with Gasteiger partial charge in [0.2, 0.25) is 0 Å². The predicted molar refractivity (Wildman–Crippen MR) is 96.5 cm³/mol. The van der Waals surface area contributed by atoms with Gasteiger partial charge in [0, 0.05) is 25.9 Å². The molecule has 0 atom stereocenters. The summed E-state index contributed by atoms with van der Waals surface area (Å²) in [6.07, 6.45) is 1.76. The highest BCUT2D eigenvalue weighted by molar-refractivity contribution is 7.17. The number of hydrogen-bond acceptors (Lipinski definition) is 3. The third-order valence-electron chi connectivity index (χ3n) is 3.94. The fraction of sp³-hybridized carbons (Fsp3) is 0.111. The van der Waals surface area contributed by atoms with Crippen LogP contribution in [0.1, 0.15) is 16.1 Å². The van der Waals surface area contributed by atoms with Gasteiger partial charge >= 0.3 is 0 Å². The fourth-order valence-corrected chi connectivity index (χ4v) is 3.64. The molecule has 0 aliphatic rings. The summed E-state index contributed by atoms with van der Waals surface area (Å²) in [5.41, 5.74) is 2.28. The van der Waals surface area contributed by atoms with Gasteiger partial charge in [0.25, 0.3) is 5.91 Å². The average Bonchev–Trinajstić information content (AvgIpc) is 3.25. The van der Waals surface area contributed by atoms with Crippen LogP contribution < -0.4 is 5.32 Å². The largest absolute Gasteiger partial charge is 0.331 e. The van der Waals surface area contributed by atoms with Crippen LogP contribution in [0.2, 0.25) is 0 Å². The van der Waals surface area contributed by atoms with Gasteiger partial charge in [-0.05, 0) is 35.2 Å². The standard InChI is InChI=1S/C18H15FN4OS/c1-22-7-5-17(21-22)20-18(24)15-10-16-14(6-8-25-16)23(15)11-12-3-2-4-13(19)9-12/h2-10H,11H2,1H3,(H,20,21,24). The molecule has 7 heteroatoms. The van der Waals surface area contributed by atoms with E-state index in [-0.39, 0.29) is 11.7 Å². The van der Waals surface area contributed by atoms with Crippen LogP contribution in [-0.4, -0.2) is 20.3 Å². The maximum Gasteiger partial charge on any atom is 0.273 e. The molecular formula is C18H15FN4OS. The van der Waals surface area contributed by atoms with E-state index in [1.807, 2.05) is 28.1 Å². The van der Waals surface area contributed by atoms with Crippen LogP contribution >= 0.6 is 11.3 Å². The monoisotopic (exact) mass is 354 g/mol. The summed E-state index contributed by atoms with van der Waals surface area (Å²) < 4.78 is 18.0. The number of aryl methyl sites for hydroxylation is 1. The maximum atomic E-state index is 13.5. The Morgan fingerprint density at radius 1 is 1.28 bits per heavy atom. The topological polar surface area (TPSA) is 51.9 Å². The summed E-state index contributed by atoms with van der Waals surface area (Å²) in [6.45, 7) is 0.420. The second kappa shape index (κ2) is 6.18. The van der Waals surface area contributed by atoms with Crippen molar-refractivity contribution in [2.24, 2.45) is 7.05 Å². The van der Waals surface area contributed by atoms with Gasteiger partial charge in [0.15, 0.2) is 5.82 Å². The van der Waals surface area contributed by atoms with Crippen molar-refractivity contribution in [3.05, 3.63) is 71.1 Å². The van der Waals surface area contributed by atoms with Gasteiger partial charge in [-0.25, -0.2) is 4.39 Å². The summed E-state index contributed by atoms with van der Waals surface area (Å²) in [7, 11) is 1.79. The van der Waals surface area contributed by atoms with Gasteiger partial charge in [-0.2, -0.15) is 5.10 Å². The van der Waals surface area contributed by atoms with Crippen LogP contribution in [0.3, 0.4) is 0 Å². The molecule has 1 aromatic carbocycles. The zero-order chi connectivity index (χ0) is 17.4. The second-order valence-electron chi connectivity index (χ2n) is 5.74. The van der Waals surface area contributed by atoms with Crippen molar-refractivity contribution in [2.75, 3.05) is 5.32 Å². The number of anilines is 1. The summed E-state index contributed by atoms with van der Waals surface area (Å²) in [5.74, 6) is -0.0291. The molecule has 1 amide bonds. The van der Waals surface area contributed by atoms with Gasteiger partial charge in [-0.15, -0.1) is 11.3 Å². The molecular weight excluding hydrogens is 339 g/mol. The molecule has 3 aromatic heterocycles. The minimum atomic E-state index is -0.286. The molecule has 25 heavy (non-hydrogen) atoms. The molecule has 4 rings (SSSR count). The molecule has 0 saturated heterocycles. The number of thiophene rings is 1. The first-order valence-corrected chi connectivity index (χ1v) is 8.60. The summed E-state index contributed by atoms with van der Waals surface area (Å²) >= 11 is 1.57. The molecule has 0 unspecified atom stereocenters. The molecule has 3 heterocycles. The van der Waals surface area contributed by atoms with Crippen molar-refractivity contribution >= 4 is 33.3 Å². The Hall–Kier alpha value is -2.93. The van der Waals surface area contributed by atoms with Crippen LogP contribution in [0.4, 0.5) is 10.2 Å². The van der Waals surface area contributed by atoms with Crippen LogP contribution in [0.15, 0.2) is 54.0 Å². The highest BCUT2D eigenvalue weighted by Gasteiger charge is 2.17. The van der Waals surface area contributed by atoms with Gasteiger partial charge < -0.3 is 9.88 Å². The van der Waals surface area contributed by atoms with E-state index >= 15 is 0 Å². The third kappa shape index (κ3) is 3.06. The van der Waals surface area contributed by atoms with Crippen LogP contribution in [0.5, 0.6) is 0 Å². The fourth-order valence-electron chi connectivity index (χ4n) is 2.82. The molecule has 0 aliphatic heterocycles. The van der Waals surface area contributed by atoms with Gasteiger partial charge in [-0.3, -0.25) is 9.48 Å². The van der Waals surface area contributed by atoms with E-state index in [4.69, 9.17) is 0 Å². The lowest BCUT2D eigenvalue weighted by molar-refractivity contribution is 0.101. The molecule has 0 aliphatic carbocycles. The summed E-state index contributed by atoms with van der Waals surface area (Å²) in [5, 5.41) is 8.96. The number of hydrogen-bond donors (Lipinski definition) is 1. The number of carbonyl (C=O) groups excluding carboxylic acids is 1. The van der Waals surface area contributed by atoms with Crippen molar-refractivity contribution in [2.45, 2.75) is 6.54 Å². The zero-order valence-corrected chi connectivity index (χ0v) is 14.3. The number of amides is 1. The smallest absolute Gasteiger partial charge is 0.273 e. The van der Waals surface area contributed by atoms with Gasteiger partial charge in [0.1, 0.15) is 11.5 Å². The molecule has 0 spiro atoms. The summed E-state index contributed by atoms with van der Waals surface area (Å²) in [6, 6.07) is 12.0. The summed E-state index contributed by atoms with van der Waals surface area (Å²) in [4.78, 5) is 12.7. The zero-order valence-electron chi connectivity index (χ0n) is 13.4. The van der Waals surface area contributed by atoms with Crippen molar-refractivity contribution in [1.29, 1.82) is 0 Å². The number of fused-ring (bicyclic) bond motifs is 1. The lowest BCUT2D eigenvalue weighted by Gasteiger charge is -2.10. The van der Waals surface area contributed by atoms with Crippen LogP contribution in [-0.2, 0) is 13.6 Å². The van der Waals surface area contributed by atoms with E-state index in [0.717, 1.165) is 15.8 Å². The lowest BCUT2D eigenvalue weighted by atomic mass is 10.2. The number of nitrogens with zero attached hydrogens (tertiary/aromatic N) is 3. The Labute approximate surface area is 147 Å². The molecule has 126 valence electrons. The van der Waals surface area contributed by atoms with E-state index in [0.29, 0.717) is 18.1 Å². The van der Waals surface area contributed by atoms with E-state index in [2.05, 4.69) is 10.4 Å². The number of aromatic nitrogens is 3. The van der Waals surface area contributed by atoms with Crippen molar-refractivity contribution < 1.29 is 9.18 Å². The van der Waals surface area contributed by atoms with E-state index < -0.39 is 0 Å². The molecule has 1 N–H and O–H groups in total. The molecule has 5 nitrogen and oxygen atoms in total. The molecule has 0 fully saturated rings. The first-order chi connectivity index (χ1) is 12.1. The molecule has 0 bridgehead atoms. The normalized spacial score (nSPS) is 11.1. The Kier molecular flexibility index (Phi) is 3.85. The second-order valence-corrected chi connectivity index (χ2v) is 6.69. The molecule has 0 saturated carbocycles. The number of halogens is 1. The van der Waals surface area contributed by atoms with Gasteiger partial charge in [0.05, 0.1) is 10.2 Å². The molecule has 0 radical (unpaired) electrons. The Bertz CT molecular complexity index is 1060. The Morgan fingerprint density at radius 3 is 2.92 bits per heavy atom. The number of benzene rings is 1. The Balaban J connectivity index is 1.70. The van der Waals surface area contributed by atoms with Crippen LogP contribution in [0, 0.1) is 5.82 Å². The van der Waals surface area contributed by atoms with Gasteiger partial charge in [-0.1, -0.05) is 12.1 Å². The quantitative estimate of drug-likeness (QED) is 0.605. The number of rotatable bonds is 4. The maximum absolute atomic E-state index is 13.5. The lowest BCUT2D eigenvalue weighted by Crippen LogP contribution is -2.18. The SMILES string of the molecule is Cn1ccc(NC(=O)c2cc3sccc3n2Cc2cccc(F)c2)n1. The van der Waals surface area contributed by atoms with E-state index in [1.54, 1.807) is 41.4 Å². The number of nitrogens with one attached hydrogen (secondary N) is 1. The third-order valence-corrected chi connectivity index (χ3v) is 4.79.